The van der Waals surface area contributed by atoms with Gasteiger partial charge in [-0.3, -0.25) is 0 Å². The third-order valence-electron chi connectivity index (χ3n) is 2.86. The molecule has 0 aliphatic heterocycles. The largest absolute Gasteiger partial charge is 0.317 e. The number of hydrogen-bond donors (Lipinski definition) is 1. The van der Waals surface area contributed by atoms with Crippen molar-refractivity contribution < 1.29 is 0 Å². The first-order valence-electron chi connectivity index (χ1n) is 5.68. The van der Waals surface area contributed by atoms with Gasteiger partial charge >= 0.3 is 0 Å². The van der Waals surface area contributed by atoms with Crippen LogP contribution in [0.2, 0.25) is 5.02 Å². The van der Waals surface area contributed by atoms with Crippen LogP contribution in [0.25, 0.3) is 0 Å². The number of rotatable bonds is 6. The lowest BCUT2D eigenvalue weighted by atomic mass is 10.0. The normalized spacial score (nSPS) is 12.7. The summed E-state index contributed by atoms with van der Waals surface area (Å²) in [4.78, 5) is 0. The Morgan fingerprint density at radius 3 is 2.67 bits per heavy atom. The van der Waals surface area contributed by atoms with Crippen LogP contribution in [0, 0.1) is 0 Å². The summed E-state index contributed by atoms with van der Waals surface area (Å²) >= 11 is 6.09. The molecule has 0 saturated carbocycles. The van der Waals surface area contributed by atoms with E-state index in [9.17, 15) is 0 Å². The van der Waals surface area contributed by atoms with Gasteiger partial charge in [-0.05, 0) is 44.4 Å². The van der Waals surface area contributed by atoms with Gasteiger partial charge in [-0.25, -0.2) is 0 Å². The highest BCUT2D eigenvalue weighted by molar-refractivity contribution is 6.31. The van der Waals surface area contributed by atoms with Crippen LogP contribution in [0.15, 0.2) is 24.3 Å². The Balaban J connectivity index is 2.34. The van der Waals surface area contributed by atoms with Gasteiger partial charge in [0.05, 0.1) is 0 Å². The average molecular weight is 226 g/mol. The van der Waals surface area contributed by atoms with Crippen molar-refractivity contribution in [2.45, 2.75) is 38.6 Å². The van der Waals surface area contributed by atoms with E-state index in [0.717, 1.165) is 11.4 Å². The Hall–Kier alpha value is -0.530. The lowest BCUT2D eigenvalue weighted by molar-refractivity contribution is 0.492. The lowest BCUT2D eigenvalue weighted by Gasteiger charge is -2.13. The predicted molar refractivity (Wildman–Crippen MR) is 67.5 cm³/mol. The summed E-state index contributed by atoms with van der Waals surface area (Å²) in [6.07, 6.45) is 4.69. The van der Waals surface area contributed by atoms with Crippen molar-refractivity contribution in [3.8, 4) is 0 Å². The summed E-state index contributed by atoms with van der Waals surface area (Å²) in [6, 6.07) is 8.76. The molecule has 0 amide bonds. The summed E-state index contributed by atoms with van der Waals surface area (Å²) in [5, 5.41) is 4.22. The van der Waals surface area contributed by atoms with E-state index >= 15 is 0 Å². The van der Waals surface area contributed by atoms with E-state index < -0.39 is 0 Å². The van der Waals surface area contributed by atoms with Crippen LogP contribution >= 0.6 is 11.6 Å². The van der Waals surface area contributed by atoms with E-state index in [2.05, 4.69) is 24.4 Å². The second kappa shape index (κ2) is 6.86. The highest BCUT2D eigenvalue weighted by Crippen LogP contribution is 2.17. The van der Waals surface area contributed by atoms with Crippen molar-refractivity contribution in [3.63, 3.8) is 0 Å². The Kier molecular flexibility index (Phi) is 5.74. The molecule has 2 heteroatoms. The fourth-order valence-corrected chi connectivity index (χ4v) is 2.02. The maximum atomic E-state index is 6.09. The number of hydrogen-bond acceptors (Lipinski definition) is 1. The molecule has 0 aliphatic rings. The Morgan fingerprint density at radius 2 is 2.07 bits per heavy atom. The Bertz CT molecular complexity index is 282. The first-order valence-corrected chi connectivity index (χ1v) is 6.06. The average Bonchev–Trinajstić information content (AvgIpc) is 2.27. The lowest BCUT2D eigenvalue weighted by Crippen LogP contribution is -2.23. The van der Waals surface area contributed by atoms with Crippen molar-refractivity contribution >= 4 is 11.6 Å². The molecule has 1 aromatic carbocycles. The van der Waals surface area contributed by atoms with E-state index in [1.54, 1.807) is 0 Å². The van der Waals surface area contributed by atoms with Gasteiger partial charge in [0, 0.05) is 11.1 Å². The highest BCUT2D eigenvalue weighted by atomic mass is 35.5. The van der Waals surface area contributed by atoms with E-state index in [1.165, 1.54) is 24.8 Å². The van der Waals surface area contributed by atoms with E-state index in [1.807, 2.05) is 19.2 Å². The van der Waals surface area contributed by atoms with Gasteiger partial charge in [0.25, 0.3) is 0 Å². The summed E-state index contributed by atoms with van der Waals surface area (Å²) in [5.74, 6) is 0. The van der Waals surface area contributed by atoms with Crippen molar-refractivity contribution in [1.82, 2.24) is 5.32 Å². The molecule has 84 valence electrons. The molecule has 0 spiro atoms. The van der Waals surface area contributed by atoms with Crippen LogP contribution in [0.4, 0.5) is 0 Å². The number of nitrogens with one attached hydrogen (secondary N) is 1. The van der Waals surface area contributed by atoms with E-state index in [-0.39, 0.29) is 0 Å². The van der Waals surface area contributed by atoms with Gasteiger partial charge in [0.15, 0.2) is 0 Å². The summed E-state index contributed by atoms with van der Waals surface area (Å²) in [7, 11) is 2.03. The van der Waals surface area contributed by atoms with Gasteiger partial charge in [-0.2, -0.15) is 0 Å². The van der Waals surface area contributed by atoms with Crippen molar-refractivity contribution in [1.29, 1.82) is 0 Å². The van der Waals surface area contributed by atoms with Gasteiger partial charge < -0.3 is 5.32 Å². The van der Waals surface area contributed by atoms with Crippen LogP contribution in [0.3, 0.4) is 0 Å². The van der Waals surface area contributed by atoms with E-state index in [4.69, 9.17) is 11.6 Å². The van der Waals surface area contributed by atoms with Crippen LogP contribution in [0.5, 0.6) is 0 Å². The zero-order chi connectivity index (χ0) is 11.1. The third-order valence-corrected chi connectivity index (χ3v) is 3.23. The molecule has 0 aromatic heterocycles. The van der Waals surface area contributed by atoms with Crippen LogP contribution in [-0.4, -0.2) is 13.1 Å². The van der Waals surface area contributed by atoms with Gasteiger partial charge in [0.2, 0.25) is 0 Å². The summed E-state index contributed by atoms with van der Waals surface area (Å²) in [5.41, 5.74) is 1.27. The summed E-state index contributed by atoms with van der Waals surface area (Å²) < 4.78 is 0. The molecule has 0 bridgehead atoms. The minimum atomic E-state index is 0.646. The molecular weight excluding hydrogens is 206 g/mol. The molecule has 0 fully saturated rings. The van der Waals surface area contributed by atoms with Crippen LogP contribution in [0.1, 0.15) is 31.7 Å². The number of halogens is 1. The molecular formula is C13H20ClN. The molecule has 1 nitrogen and oxygen atoms in total. The minimum absolute atomic E-state index is 0.646. The second-order valence-corrected chi connectivity index (χ2v) is 4.28. The quantitative estimate of drug-likeness (QED) is 0.779. The Labute approximate surface area is 97.8 Å². The monoisotopic (exact) mass is 225 g/mol. The molecule has 15 heavy (non-hydrogen) atoms. The van der Waals surface area contributed by atoms with Gasteiger partial charge in [-0.15, -0.1) is 0 Å². The van der Waals surface area contributed by atoms with Gasteiger partial charge in [-0.1, -0.05) is 36.7 Å². The first kappa shape index (κ1) is 12.5. The fourth-order valence-electron chi connectivity index (χ4n) is 1.79. The standard InChI is InChI=1S/C13H20ClN/c1-3-12(15-2)9-6-8-11-7-4-5-10-13(11)14/h4-5,7,10,12,15H,3,6,8-9H2,1-2H3. The molecule has 1 N–H and O–H groups in total. The molecule has 1 unspecified atom stereocenters. The molecule has 1 rings (SSSR count). The Morgan fingerprint density at radius 1 is 1.33 bits per heavy atom. The third kappa shape index (κ3) is 4.23. The molecule has 1 atom stereocenters. The van der Waals surface area contributed by atoms with Crippen molar-refractivity contribution in [2.75, 3.05) is 7.05 Å². The maximum Gasteiger partial charge on any atom is 0.0437 e. The zero-order valence-electron chi connectivity index (χ0n) is 9.59. The SMILES string of the molecule is CCC(CCCc1ccccc1Cl)NC. The highest BCUT2D eigenvalue weighted by Gasteiger charge is 2.03. The molecule has 0 radical (unpaired) electrons. The molecule has 1 aromatic rings. The number of benzene rings is 1. The molecule has 0 heterocycles. The second-order valence-electron chi connectivity index (χ2n) is 3.88. The number of aryl methyl sites for hydroxylation is 1. The van der Waals surface area contributed by atoms with Crippen LogP contribution in [-0.2, 0) is 6.42 Å². The molecule has 0 aliphatic carbocycles. The van der Waals surface area contributed by atoms with E-state index in [0.29, 0.717) is 6.04 Å². The van der Waals surface area contributed by atoms with Crippen LogP contribution < -0.4 is 5.32 Å². The predicted octanol–water partition coefficient (Wildman–Crippen LogP) is 3.66. The van der Waals surface area contributed by atoms with Crippen molar-refractivity contribution in [2.24, 2.45) is 0 Å². The molecule has 0 saturated heterocycles. The first-order chi connectivity index (χ1) is 7.27. The maximum absolute atomic E-state index is 6.09. The van der Waals surface area contributed by atoms with Gasteiger partial charge in [0.1, 0.15) is 0 Å². The zero-order valence-corrected chi connectivity index (χ0v) is 10.3. The summed E-state index contributed by atoms with van der Waals surface area (Å²) in [6.45, 7) is 2.22. The fraction of sp³-hybridized carbons (Fsp3) is 0.538. The van der Waals surface area contributed by atoms with Crippen molar-refractivity contribution in [3.05, 3.63) is 34.9 Å². The topological polar surface area (TPSA) is 12.0 Å². The minimum Gasteiger partial charge on any atom is -0.317 e. The smallest absolute Gasteiger partial charge is 0.0437 e.